The Kier molecular flexibility index (Phi) is 4.20. The first-order chi connectivity index (χ1) is 14.1. The van der Waals surface area contributed by atoms with E-state index in [9.17, 15) is 9.90 Å². The molecule has 1 heterocycles. The first kappa shape index (κ1) is 18.0. The molecule has 3 aromatic carbocycles. The van der Waals surface area contributed by atoms with Gasteiger partial charge in [-0.15, -0.1) is 0 Å². The Balaban J connectivity index is 1.61. The molecule has 1 fully saturated rings. The second-order valence-electron chi connectivity index (χ2n) is 8.53. The molecule has 0 radical (unpaired) electrons. The minimum absolute atomic E-state index is 0.0303. The molecule has 1 spiro atoms. The van der Waals surface area contributed by atoms with E-state index >= 15 is 0 Å². The molecule has 1 N–H and O–H groups in total. The van der Waals surface area contributed by atoms with Gasteiger partial charge in [-0.2, -0.15) is 0 Å². The zero-order chi connectivity index (χ0) is 20.0. The van der Waals surface area contributed by atoms with E-state index < -0.39 is 0 Å². The van der Waals surface area contributed by atoms with Gasteiger partial charge in [0.25, 0.3) is 5.91 Å². The largest absolute Gasteiger partial charge is 0.508 e. The lowest BCUT2D eigenvalue weighted by molar-refractivity contribution is 0.0486. The van der Waals surface area contributed by atoms with E-state index in [1.807, 2.05) is 42.5 Å². The number of nitrogens with zero attached hydrogens (tertiary/aromatic N) is 1. The van der Waals surface area contributed by atoms with E-state index in [1.54, 1.807) is 6.07 Å². The van der Waals surface area contributed by atoms with E-state index in [4.69, 9.17) is 0 Å². The topological polar surface area (TPSA) is 40.5 Å². The summed E-state index contributed by atoms with van der Waals surface area (Å²) < 4.78 is 0. The van der Waals surface area contributed by atoms with Crippen molar-refractivity contribution >= 4 is 5.91 Å². The number of benzene rings is 3. The number of carbonyl (C=O) groups excluding carboxylic acids is 1. The maximum Gasteiger partial charge on any atom is 0.254 e. The van der Waals surface area contributed by atoms with Crippen LogP contribution in [0, 0.1) is 6.92 Å². The lowest BCUT2D eigenvalue weighted by atomic mass is 9.83. The first-order valence-electron chi connectivity index (χ1n) is 10.3. The van der Waals surface area contributed by atoms with Crippen LogP contribution in [0.3, 0.4) is 0 Å². The van der Waals surface area contributed by atoms with Gasteiger partial charge in [-0.25, -0.2) is 0 Å². The first-order valence-corrected chi connectivity index (χ1v) is 10.3. The Morgan fingerprint density at radius 3 is 2.45 bits per heavy atom. The van der Waals surface area contributed by atoms with E-state index in [0.29, 0.717) is 5.75 Å². The summed E-state index contributed by atoms with van der Waals surface area (Å²) in [5.74, 6) is 0.412. The van der Waals surface area contributed by atoms with Gasteiger partial charge in [0, 0.05) is 11.1 Å². The molecule has 0 saturated heterocycles. The van der Waals surface area contributed by atoms with E-state index in [1.165, 1.54) is 16.7 Å². The quantitative estimate of drug-likeness (QED) is 0.674. The molecule has 0 aromatic heterocycles. The summed E-state index contributed by atoms with van der Waals surface area (Å²) in [7, 11) is 0. The fourth-order valence-corrected chi connectivity index (χ4v) is 4.77. The normalized spacial score (nSPS) is 19.1. The maximum absolute atomic E-state index is 13.7. The number of phenols is 1. The molecule has 146 valence electrons. The number of carbonyl (C=O) groups is 1. The van der Waals surface area contributed by atoms with Gasteiger partial charge in [-0.3, -0.25) is 4.79 Å². The standard InChI is InChI=1S/C26H25NO2/c1-18-7-9-19(10-8-18)15-24-23-12-11-22(28)16-21(23)17-26(13-14-26)27(24)25(29)20-5-3-2-4-6-20/h2-12,16,24,28H,13-15,17H2,1H3. The van der Waals surface area contributed by atoms with Crippen LogP contribution >= 0.6 is 0 Å². The number of phenolic OH excluding ortho intramolecular Hbond substituents is 1. The van der Waals surface area contributed by atoms with Crippen molar-refractivity contribution in [3.8, 4) is 5.75 Å². The fourth-order valence-electron chi connectivity index (χ4n) is 4.77. The minimum Gasteiger partial charge on any atom is -0.508 e. The monoisotopic (exact) mass is 383 g/mol. The number of rotatable bonds is 3. The number of amides is 1. The maximum atomic E-state index is 13.7. The van der Waals surface area contributed by atoms with Crippen molar-refractivity contribution in [3.05, 3.63) is 101 Å². The van der Waals surface area contributed by atoms with Crippen LogP contribution in [0.1, 0.15) is 51.5 Å². The van der Waals surface area contributed by atoms with Crippen molar-refractivity contribution in [1.82, 2.24) is 4.90 Å². The Hall–Kier alpha value is -3.07. The van der Waals surface area contributed by atoms with Crippen LogP contribution in [0.2, 0.25) is 0 Å². The van der Waals surface area contributed by atoms with Crippen molar-refractivity contribution in [2.45, 2.75) is 44.2 Å². The number of aryl methyl sites for hydroxylation is 1. The Morgan fingerprint density at radius 1 is 1.03 bits per heavy atom. The molecule has 3 heteroatoms. The van der Waals surface area contributed by atoms with Crippen molar-refractivity contribution in [3.63, 3.8) is 0 Å². The molecule has 1 aliphatic heterocycles. The van der Waals surface area contributed by atoms with E-state index in [-0.39, 0.29) is 17.5 Å². The van der Waals surface area contributed by atoms with Gasteiger partial charge in [0.2, 0.25) is 0 Å². The summed E-state index contributed by atoms with van der Waals surface area (Å²) >= 11 is 0. The smallest absolute Gasteiger partial charge is 0.254 e. The van der Waals surface area contributed by atoms with Gasteiger partial charge in [-0.05, 0) is 73.6 Å². The molecular weight excluding hydrogens is 358 g/mol. The third-order valence-electron chi connectivity index (χ3n) is 6.44. The SMILES string of the molecule is Cc1ccc(CC2c3ccc(O)cc3CC3(CC3)N2C(=O)c2ccccc2)cc1. The molecular formula is C26H25NO2. The third-order valence-corrected chi connectivity index (χ3v) is 6.44. The molecule has 1 atom stereocenters. The van der Waals surface area contributed by atoms with Gasteiger partial charge >= 0.3 is 0 Å². The molecule has 3 nitrogen and oxygen atoms in total. The summed E-state index contributed by atoms with van der Waals surface area (Å²) in [6.45, 7) is 2.09. The van der Waals surface area contributed by atoms with Gasteiger partial charge in [-0.1, -0.05) is 54.1 Å². The van der Waals surface area contributed by atoms with Crippen LogP contribution in [0.5, 0.6) is 5.75 Å². The second-order valence-corrected chi connectivity index (χ2v) is 8.53. The fraction of sp³-hybridized carbons (Fsp3) is 0.269. The predicted molar refractivity (Wildman–Crippen MR) is 114 cm³/mol. The van der Waals surface area contributed by atoms with Crippen LogP contribution in [-0.2, 0) is 12.8 Å². The van der Waals surface area contributed by atoms with Crippen LogP contribution in [0.15, 0.2) is 72.8 Å². The number of fused-ring (bicyclic) bond motifs is 1. The minimum atomic E-state index is -0.122. The van der Waals surface area contributed by atoms with Crippen molar-refractivity contribution in [2.24, 2.45) is 0 Å². The van der Waals surface area contributed by atoms with E-state index in [2.05, 4.69) is 36.1 Å². The van der Waals surface area contributed by atoms with Crippen LogP contribution in [0.4, 0.5) is 0 Å². The zero-order valence-electron chi connectivity index (χ0n) is 16.6. The molecule has 2 aliphatic rings. The lowest BCUT2D eigenvalue weighted by Gasteiger charge is -2.44. The summed E-state index contributed by atoms with van der Waals surface area (Å²) in [6, 6.07) is 23.8. The van der Waals surface area contributed by atoms with Crippen molar-refractivity contribution in [1.29, 1.82) is 0 Å². The highest BCUT2D eigenvalue weighted by Gasteiger charge is 2.55. The Labute approximate surface area is 171 Å². The van der Waals surface area contributed by atoms with Crippen LogP contribution in [0.25, 0.3) is 0 Å². The van der Waals surface area contributed by atoms with Crippen LogP contribution in [-0.4, -0.2) is 21.5 Å². The van der Waals surface area contributed by atoms with Crippen molar-refractivity contribution in [2.75, 3.05) is 0 Å². The average Bonchev–Trinajstić information content (AvgIpc) is 3.49. The predicted octanol–water partition coefficient (Wildman–Crippen LogP) is 5.22. The Morgan fingerprint density at radius 2 is 1.76 bits per heavy atom. The highest BCUT2D eigenvalue weighted by atomic mass is 16.3. The van der Waals surface area contributed by atoms with Crippen LogP contribution < -0.4 is 0 Å². The summed E-state index contributed by atoms with van der Waals surface area (Å²) in [4.78, 5) is 15.8. The summed E-state index contributed by atoms with van der Waals surface area (Å²) in [6.07, 6.45) is 3.63. The highest BCUT2D eigenvalue weighted by molar-refractivity contribution is 5.95. The molecule has 0 bridgehead atoms. The van der Waals surface area contributed by atoms with Gasteiger partial charge in [0.1, 0.15) is 5.75 Å². The number of hydrogen-bond acceptors (Lipinski definition) is 2. The third kappa shape index (κ3) is 3.21. The lowest BCUT2D eigenvalue weighted by Crippen LogP contribution is -2.49. The zero-order valence-corrected chi connectivity index (χ0v) is 16.6. The molecule has 5 rings (SSSR count). The molecule has 1 amide bonds. The van der Waals surface area contributed by atoms with Gasteiger partial charge in [0.15, 0.2) is 0 Å². The number of aromatic hydroxyl groups is 1. The Bertz CT molecular complexity index is 1050. The van der Waals surface area contributed by atoms with Gasteiger partial charge < -0.3 is 10.0 Å². The molecule has 1 unspecified atom stereocenters. The van der Waals surface area contributed by atoms with Gasteiger partial charge in [0.05, 0.1) is 6.04 Å². The summed E-state index contributed by atoms with van der Waals surface area (Å²) in [5.41, 5.74) is 5.42. The molecule has 1 saturated carbocycles. The number of hydrogen-bond donors (Lipinski definition) is 1. The summed E-state index contributed by atoms with van der Waals surface area (Å²) in [5, 5.41) is 10.1. The highest BCUT2D eigenvalue weighted by Crippen LogP contribution is 2.54. The average molecular weight is 383 g/mol. The molecule has 3 aromatic rings. The van der Waals surface area contributed by atoms with E-state index in [0.717, 1.165) is 36.8 Å². The van der Waals surface area contributed by atoms with Crippen molar-refractivity contribution < 1.29 is 9.90 Å². The molecule has 1 aliphatic carbocycles. The second kappa shape index (κ2) is 6.77. The molecule has 29 heavy (non-hydrogen) atoms.